The number of amides is 2. The topological polar surface area (TPSA) is 67.9 Å². The monoisotopic (exact) mass is 396 g/mol. The predicted molar refractivity (Wildman–Crippen MR) is 111 cm³/mol. The Bertz CT molecular complexity index is 838. The summed E-state index contributed by atoms with van der Waals surface area (Å²) in [5.74, 6) is 1.29. The summed E-state index contributed by atoms with van der Waals surface area (Å²) in [6.07, 6.45) is 1.62. The molecule has 29 heavy (non-hydrogen) atoms. The molecule has 0 radical (unpaired) electrons. The van der Waals surface area contributed by atoms with Gasteiger partial charge in [0.2, 0.25) is 18.6 Å². The number of carbonyl (C=O) groups excluding carboxylic acids is 2. The summed E-state index contributed by atoms with van der Waals surface area (Å²) >= 11 is 0. The number of nitrogens with zero attached hydrogens (tertiary/aromatic N) is 1. The van der Waals surface area contributed by atoms with Gasteiger partial charge in [-0.25, -0.2) is 0 Å². The molecule has 0 saturated carbocycles. The molecular weight excluding hydrogens is 368 g/mol. The van der Waals surface area contributed by atoms with Crippen molar-refractivity contribution in [3.63, 3.8) is 0 Å². The second kappa shape index (κ2) is 9.96. The number of nitrogens with one attached hydrogen (secondary N) is 1. The first-order chi connectivity index (χ1) is 14.1. The second-order valence-corrected chi connectivity index (χ2v) is 7.08. The summed E-state index contributed by atoms with van der Waals surface area (Å²) in [5.41, 5.74) is 2.15. The molecule has 0 spiro atoms. The molecule has 0 fully saturated rings. The van der Waals surface area contributed by atoms with Crippen molar-refractivity contribution in [1.82, 2.24) is 10.2 Å². The van der Waals surface area contributed by atoms with Gasteiger partial charge in [-0.05, 0) is 49.9 Å². The number of benzene rings is 2. The molecule has 154 valence electrons. The van der Waals surface area contributed by atoms with E-state index in [-0.39, 0.29) is 18.6 Å². The summed E-state index contributed by atoms with van der Waals surface area (Å²) in [5, 5.41) is 2.82. The molecule has 2 amide bonds. The first-order valence-electron chi connectivity index (χ1n) is 10.1. The van der Waals surface area contributed by atoms with Crippen LogP contribution >= 0.6 is 0 Å². The van der Waals surface area contributed by atoms with Gasteiger partial charge in [0.1, 0.15) is 6.04 Å². The van der Waals surface area contributed by atoms with Crippen LogP contribution in [0.15, 0.2) is 48.5 Å². The van der Waals surface area contributed by atoms with Crippen LogP contribution in [0.1, 0.15) is 31.4 Å². The van der Waals surface area contributed by atoms with Crippen LogP contribution in [0.25, 0.3) is 0 Å². The van der Waals surface area contributed by atoms with Crippen molar-refractivity contribution in [2.75, 3.05) is 19.9 Å². The number of fused-ring (bicyclic) bond motifs is 1. The third-order valence-electron chi connectivity index (χ3n) is 5.07. The van der Waals surface area contributed by atoms with Crippen molar-refractivity contribution >= 4 is 11.8 Å². The van der Waals surface area contributed by atoms with E-state index in [1.54, 1.807) is 11.8 Å². The molecule has 1 unspecified atom stereocenters. The summed E-state index contributed by atoms with van der Waals surface area (Å²) in [7, 11) is 0. The van der Waals surface area contributed by atoms with E-state index in [2.05, 4.69) is 5.32 Å². The molecule has 1 aliphatic rings. The third-order valence-corrected chi connectivity index (χ3v) is 5.07. The zero-order chi connectivity index (χ0) is 20.6. The van der Waals surface area contributed by atoms with E-state index in [1.165, 1.54) is 0 Å². The molecule has 0 aromatic heterocycles. The lowest BCUT2D eigenvalue weighted by atomic mass is 10.1. The van der Waals surface area contributed by atoms with E-state index in [0.29, 0.717) is 38.1 Å². The molecule has 6 nitrogen and oxygen atoms in total. The van der Waals surface area contributed by atoms with Crippen LogP contribution in [-0.2, 0) is 22.4 Å². The Labute approximate surface area is 171 Å². The van der Waals surface area contributed by atoms with E-state index in [4.69, 9.17) is 9.47 Å². The molecular formula is C23H28N2O4. The van der Waals surface area contributed by atoms with Gasteiger partial charge >= 0.3 is 0 Å². The highest BCUT2D eigenvalue weighted by Crippen LogP contribution is 2.32. The number of hydrogen-bond donors (Lipinski definition) is 1. The highest BCUT2D eigenvalue weighted by Gasteiger charge is 2.25. The zero-order valence-corrected chi connectivity index (χ0v) is 17.0. The summed E-state index contributed by atoms with van der Waals surface area (Å²) < 4.78 is 10.7. The van der Waals surface area contributed by atoms with Crippen LogP contribution in [0.4, 0.5) is 0 Å². The molecule has 1 atom stereocenters. The van der Waals surface area contributed by atoms with Gasteiger partial charge in [0.25, 0.3) is 0 Å². The Balaban J connectivity index is 1.64. The fourth-order valence-electron chi connectivity index (χ4n) is 3.38. The van der Waals surface area contributed by atoms with E-state index < -0.39 is 6.04 Å². The molecule has 1 N–H and O–H groups in total. The molecule has 3 rings (SSSR count). The molecule has 0 saturated heterocycles. The Hall–Kier alpha value is -3.02. The second-order valence-electron chi connectivity index (χ2n) is 7.08. The highest BCUT2D eigenvalue weighted by atomic mass is 16.7. The molecule has 0 bridgehead atoms. The lowest BCUT2D eigenvalue weighted by molar-refractivity contribution is -0.139. The van der Waals surface area contributed by atoms with Crippen LogP contribution in [0.5, 0.6) is 11.5 Å². The largest absolute Gasteiger partial charge is 0.454 e. The summed E-state index contributed by atoms with van der Waals surface area (Å²) in [4.78, 5) is 27.1. The number of ether oxygens (including phenoxy) is 2. The minimum atomic E-state index is -0.511. The molecule has 1 aliphatic heterocycles. The van der Waals surface area contributed by atoms with Crippen LogP contribution in [0.3, 0.4) is 0 Å². The summed E-state index contributed by atoms with van der Waals surface area (Å²) in [6, 6.07) is 15.2. The Morgan fingerprint density at radius 1 is 1.03 bits per heavy atom. The van der Waals surface area contributed by atoms with Crippen LogP contribution in [-0.4, -0.2) is 42.6 Å². The number of likely N-dealkylation sites (N-methyl/N-ethyl adjacent to an activating group) is 1. The van der Waals surface area contributed by atoms with Gasteiger partial charge in [-0.2, -0.15) is 0 Å². The average Bonchev–Trinajstić information content (AvgIpc) is 3.21. The molecule has 2 aromatic carbocycles. The number of rotatable bonds is 9. The molecule has 1 heterocycles. The van der Waals surface area contributed by atoms with E-state index in [0.717, 1.165) is 16.9 Å². The fraction of sp³-hybridized carbons (Fsp3) is 0.391. The average molecular weight is 396 g/mol. The lowest BCUT2D eigenvalue weighted by Gasteiger charge is -2.28. The van der Waals surface area contributed by atoms with Gasteiger partial charge in [-0.1, -0.05) is 36.4 Å². The van der Waals surface area contributed by atoms with E-state index >= 15 is 0 Å². The SMILES string of the molecule is CCNC(=O)C(C)N(CCc1ccccc1)C(=O)CCc1ccc2c(c1)OCO2. The Morgan fingerprint density at radius 3 is 2.55 bits per heavy atom. The van der Waals surface area contributed by atoms with Gasteiger partial charge in [0, 0.05) is 19.5 Å². The van der Waals surface area contributed by atoms with E-state index in [9.17, 15) is 9.59 Å². The quantitative estimate of drug-likeness (QED) is 0.708. The van der Waals surface area contributed by atoms with Gasteiger partial charge in [0.15, 0.2) is 11.5 Å². The first kappa shape index (κ1) is 20.7. The van der Waals surface area contributed by atoms with Gasteiger partial charge in [-0.3, -0.25) is 9.59 Å². The highest BCUT2D eigenvalue weighted by molar-refractivity contribution is 5.87. The van der Waals surface area contributed by atoms with Gasteiger partial charge in [-0.15, -0.1) is 0 Å². The van der Waals surface area contributed by atoms with Crippen LogP contribution in [0, 0.1) is 0 Å². The summed E-state index contributed by atoms with van der Waals surface area (Å²) in [6.45, 7) is 4.94. The normalized spacial score (nSPS) is 13.0. The van der Waals surface area contributed by atoms with Gasteiger partial charge < -0.3 is 19.7 Å². The number of aryl methyl sites for hydroxylation is 1. The van der Waals surface area contributed by atoms with Crippen molar-refractivity contribution in [3.05, 3.63) is 59.7 Å². The van der Waals surface area contributed by atoms with Gasteiger partial charge in [0.05, 0.1) is 0 Å². The maximum atomic E-state index is 13.0. The maximum absolute atomic E-state index is 13.0. The van der Waals surface area contributed by atoms with E-state index in [1.807, 2.05) is 55.5 Å². The van der Waals surface area contributed by atoms with Crippen molar-refractivity contribution in [3.8, 4) is 11.5 Å². The van der Waals surface area contributed by atoms with Crippen molar-refractivity contribution in [2.24, 2.45) is 0 Å². The Morgan fingerprint density at radius 2 is 1.79 bits per heavy atom. The zero-order valence-electron chi connectivity index (χ0n) is 17.0. The smallest absolute Gasteiger partial charge is 0.242 e. The maximum Gasteiger partial charge on any atom is 0.242 e. The third kappa shape index (κ3) is 5.50. The van der Waals surface area contributed by atoms with Crippen molar-refractivity contribution in [2.45, 2.75) is 39.2 Å². The number of hydrogen-bond acceptors (Lipinski definition) is 4. The van der Waals surface area contributed by atoms with Crippen molar-refractivity contribution in [1.29, 1.82) is 0 Å². The fourth-order valence-corrected chi connectivity index (χ4v) is 3.38. The lowest BCUT2D eigenvalue weighted by Crippen LogP contribution is -2.48. The standard InChI is InChI=1S/C23H28N2O4/c1-3-24-23(27)17(2)25(14-13-18-7-5-4-6-8-18)22(26)12-10-19-9-11-20-21(15-19)29-16-28-20/h4-9,11,15,17H,3,10,12-14,16H2,1-2H3,(H,24,27). The van der Waals surface area contributed by atoms with Crippen LogP contribution in [0.2, 0.25) is 0 Å². The minimum Gasteiger partial charge on any atom is -0.454 e. The predicted octanol–water partition coefficient (Wildman–Crippen LogP) is 2.94. The van der Waals surface area contributed by atoms with Crippen molar-refractivity contribution < 1.29 is 19.1 Å². The Kier molecular flexibility index (Phi) is 7.11. The molecule has 0 aliphatic carbocycles. The molecule has 6 heteroatoms. The number of carbonyl (C=O) groups is 2. The first-order valence-corrected chi connectivity index (χ1v) is 10.1. The minimum absolute atomic E-state index is 0.0302. The van der Waals surface area contributed by atoms with Crippen LogP contribution < -0.4 is 14.8 Å². The molecule has 2 aromatic rings.